The highest BCUT2D eigenvalue weighted by Crippen LogP contribution is 2.26. The molecule has 156 valence electrons. The molecule has 0 radical (unpaired) electrons. The van der Waals surface area contributed by atoms with Crippen LogP contribution < -0.4 is 15.2 Å². The van der Waals surface area contributed by atoms with Gasteiger partial charge in [-0.1, -0.05) is 30.3 Å². The summed E-state index contributed by atoms with van der Waals surface area (Å²) in [4.78, 5) is 15.0. The topological polar surface area (TPSA) is 94.7 Å². The predicted octanol–water partition coefficient (Wildman–Crippen LogP) is 3.37. The molecule has 1 aromatic heterocycles. The van der Waals surface area contributed by atoms with Crippen molar-refractivity contribution in [2.45, 2.75) is 32.0 Å². The highest BCUT2D eigenvalue weighted by atomic mass is 16.5. The molecule has 0 unspecified atom stereocenters. The van der Waals surface area contributed by atoms with Gasteiger partial charge in [-0.3, -0.25) is 9.78 Å². The zero-order chi connectivity index (χ0) is 21.3. The van der Waals surface area contributed by atoms with Gasteiger partial charge in [-0.15, -0.1) is 0 Å². The third kappa shape index (κ3) is 6.32. The lowest BCUT2D eigenvalue weighted by molar-refractivity contribution is -0.119. The number of amides is 1. The van der Waals surface area contributed by atoms with E-state index in [1.165, 1.54) is 0 Å². The lowest BCUT2D eigenvalue weighted by Gasteiger charge is -2.20. The van der Waals surface area contributed by atoms with Crippen molar-refractivity contribution in [2.75, 3.05) is 6.61 Å². The number of primary amides is 1. The molecule has 0 spiro atoms. The van der Waals surface area contributed by atoms with Gasteiger partial charge in [-0.2, -0.15) is 0 Å². The molecule has 2 aromatic carbocycles. The number of nitrogens with zero attached hydrogens (tertiary/aromatic N) is 1. The van der Waals surface area contributed by atoms with Crippen molar-refractivity contribution in [3.8, 4) is 22.6 Å². The van der Waals surface area contributed by atoms with Crippen LogP contribution in [0.15, 0.2) is 73.1 Å². The Morgan fingerprint density at radius 1 is 1.07 bits per heavy atom. The van der Waals surface area contributed by atoms with Crippen LogP contribution in [0.5, 0.6) is 11.5 Å². The van der Waals surface area contributed by atoms with E-state index in [0.29, 0.717) is 17.9 Å². The van der Waals surface area contributed by atoms with Crippen molar-refractivity contribution in [3.63, 3.8) is 0 Å². The Bertz CT molecular complexity index is 945. The van der Waals surface area contributed by atoms with Gasteiger partial charge in [0, 0.05) is 12.4 Å². The Morgan fingerprint density at radius 2 is 1.87 bits per heavy atom. The second-order valence-electron chi connectivity index (χ2n) is 7.10. The number of nitrogens with two attached hydrogens (primary N) is 1. The number of benzene rings is 2. The van der Waals surface area contributed by atoms with Gasteiger partial charge < -0.3 is 20.3 Å². The van der Waals surface area contributed by atoms with E-state index in [1.807, 2.05) is 67.7 Å². The number of aromatic nitrogens is 1. The molecule has 30 heavy (non-hydrogen) atoms. The molecule has 3 N–H and O–H groups in total. The van der Waals surface area contributed by atoms with Gasteiger partial charge in [0.05, 0.1) is 6.10 Å². The first-order valence-electron chi connectivity index (χ1n) is 9.86. The van der Waals surface area contributed by atoms with Crippen molar-refractivity contribution in [2.24, 2.45) is 5.73 Å². The van der Waals surface area contributed by atoms with Crippen molar-refractivity contribution in [1.29, 1.82) is 0 Å². The zero-order valence-electron chi connectivity index (χ0n) is 16.9. The van der Waals surface area contributed by atoms with E-state index >= 15 is 0 Å². The minimum absolute atomic E-state index is 0.156. The van der Waals surface area contributed by atoms with Crippen molar-refractivity contribution < 1.29 is 19.4 Å². The number of aryl methyl sites for hydroxylation is 1. The molecule has 0 bridgehead atoms. The van der Waals surface area contributed by atoms with Crippen LogP contribution in [0.3, 0.4) is 0 Å². The summed E-state index contributed by atoms with van der Waals surface area (Å²) in [6.07, 6.45) is 3.98. The third-order valence-corrected chi connectivity index (χ3v) is 4.72. The highest BCUT2D eigenvalue weighted by Gasteiger charge is 2.16. The third-order valence-electron chi connectivity index (χ3n) is 4.72. The lowest BCUT2D eigenvalue weighted by atomic mass is 10.0. The standard InChI is InChI=1S/C24H26N2O4/c1-17(23(27)12-7-18-4-3-13-26-15-18)30-21-10-8-19(9-11-21)20-5-2-6-22(14-20)29-16-24(25)28/h2-6,8-11,13-15,17,23,27H,7,12,16H2,1H3,(H2,25,28)/t17-,23+/m0/s1. The number of rotatable bonds is 10. The molecule has 1 heterocycles. The van der Waals surface area contributed by atoms with Gasteiger partial charge >= 0.3 is 0 Å². The van der Waals surface area contributed by atoms with Crippen LogP contribution in [0.2, 0.25) is 0 Å². The van der Waals surface area contributed by atoms with Crippen molar-refractivity contribution in [1.82, 2.24) is 4.98 Å². The number of hydrogen-bond acceptors (Lipinski definition) is 5. The zero-order valence-corrected chi connectivity index (χ0v) is 16.9. The maximum atomic E-state index is 10.9. The number of hydrogen-bond donors (Lipinski definition) is 2. The van der Waals surface area contributed by atoms with Gasteiger partial charge in [0.1, 0.15) is 17.6 Å². The number of aliphatic hydroxyl groups excluding tert-OH is 1. The largest absolute Gasteiger partial charge is 0.488 e. The molecule has 0 aliphatic heterocycles. The highest BCUT2D eigenvalue weighted by molar-refractivity contribution is 5.75. The molecule has 0 fully saturated rings. The molecule has 0 saturated heterocycles. The smallest absolute Gasteiger partial charge is 0.255 e. The summed E-state index contributed by atoms with van der Waals surface area (Å²) in [5.41, 5.74) is 8.14. The quantitative estimate of drug-likeness (QED) is 0.538. The molecule has 3 aromatic rings. The Kier molecular flexibility index (Phi) is 7.40. The van der Waals surface area contributed by atoms with E-state index in [1.54, 1.807) is 12.3 Å². The summed E-state index contributed by atoms with van der Waals surface area (Å²) in [5, 5.41) is 10.4. The monoisotopic (exact) mass is 406 g/mol. The van der Waals surface area contributed by atoms with E-state index < -0.39 is 12.0 Å². The minimum atomic E-state index is -0.580. The predicted molar refractivity (Wildman–Crippen MR) is 115 cm³/mol. The summed E-state index contributed by atoms with van der Waals surface area (Å²) in [7, 11) is 0. The Balaban J connectivity index is 1.56. The number of aliphatic hydroxyl groups is 1. The van der Waals surface area contributed by atoms with E-state index in [-0.39, 0.29) is 12.7 Å². The molecular weight excluding hydrogens is 380 g/mol. The normalized spacial score (nSPS) is 12.7. The molecular formula is C24H26N2O4. The number of carbonyl (C=O) groups excluding carboxylic acids is 1. The Labute approximate surface area is 176 Å². The van der Waals surface area contributed by atoms with Crippen molar-refractivity contribution >= 4 is 5.91 Å². The van der Waals surface area contributed by atoms with Crippen LogP contribution in [-0.2, 0) is 11.2 Å². The molecule has 0 aliphatic carbocycles. The van der Waals surface area contributed by atoms with Crippen LogP contribution in [0, 0.1) is 0 Å². The lowest BCUT2D eigenvalue weighted by Crippen LogP contribution is -2.29. The second-order valence-corrected chi connectivity index (χ2v) is 7.10. The van der Waals surface area contributed by atoms with Crippen LogP contribution in [0.25, 0.3) is 11.1 Å². The van der Waals surface area contributed by atoms with Gasteiger partial charge in [0.25, 0.3) is 5.91 Å². The molecule has 1 amide bonds. The SMILES string of the molecule is C[C@H](Oc1ccc(-c2cccc(OCC(N)=O)c2)cc1)[C@H](O)CCc1cccnc1. The fraction of sp³-hybridized carbons (Fsp3) is 0.250. The fourth-order valence-corrected chi connectivity index (χ4v) is 3.03. The van der Waals surface area contributed by atoms with Gasteiger partial charge in [-0.05, 0) is 66.8 Å². The summed E-state index contributed by atoms with van der Waals surface area (Å²) in [6, 6.07) is 19.0. The van der Waals surface area contributed by atoms with Crippen LogP contribution in [-0.4, -0.2) is 34.8 Å². The average molecular weight is 406 g/mol. The summed E-state index contributed by atoms with van der Waals surface area (Å²) in [6.45, 7) is 1.71. The van der Waals surface area contributed by atoms with Crippen molar-refractivity contribution in [3.05, 3.63) is 78.6 Å². The van der Waals surface area contributed by atoms with Crippen LogP contribution in [0.1, 0.15) is 18.9 Å². The maximum absolute atomic E-state index is 10.9. The molecule has 0 aliphatic rings. The maximum Gasteiger partial charge on any atom is 0.255 e. The Hall–Kier alpha value is -3.38. The van der Waals surface area contributed by atoms with Gasteiger partial charge in [-0.25, -0.2) is 0 Å². The van der Waals surface area contributed by atoms with Crippen LogP contribution >= 0.6 is 0 Å². The molecule has 6 heteroatoms. The second kappa shape index (κ2) is 10.4. The minimum Gasteiger partial charge on any atom is -0.488 e. The number of pyridine rings is 1. The van der Waals surface area contributed by atoms with E-state index in [9.17, 15) is 9.90 Å². The molecule has 0 saturated carbocycles. The first-order valence-corrected chi connectivity index (χ1v) is 9.86. The van der Waals surface area contributed by atoms with Gasteiger partial charge in [0.2, 0.25) is 0 Å². The molecule has 2 atom stereocenters. The number of carbonyl (C=O) groups is 1. The van der Waals surface area contributed by atoms with E-state index in [2.05, 4.69) is 4.98 Å². The van der Waals surface area contributed by atoms with Crippen LogP contribution in [0.4, 0.5) is 0 Å². The first kappa shape index (κ1) is 21.3. The fourth-order valence-electron chi connectivity index (χ4n) is 3.03. The van der Waals surface area contributed by atoms with E-state index in [4.69, 9.17) is 15.2 Å². The first-order chi connectivity index (χ1) is 14.5. The molecule has 6 nitrogen and oxygen atoms in total. The summed E-state index contributed by atoms with van der Waals surface area (Å²) < 4.78 is 11.3. The van der Waals surface area contributed by atoms with E-state index in [0.717, 1.165) is 23.1 Å². The summed E-state index contributed by atoms with van der Waals surface area (Å²) >= 11 is 0. The average Bonchev–Trinajstić information content (AvgIpc) is 2.77. The van der Waals surface area contributed by atoms with Gasteiger partial charge in [0.15, 0.2) is 6.61 Å². The number of ether oxygens (including phenoxy) is 2. The summed E-state index contributed by atoms with van der Waals surface area (Å²) in [5.74, 6) is 0.753. The molecule has 3 rings (SSSR count). The Morgan fingerprint density at radius 3 is 2.57 bits per heavy atom.